The van der Waals surface area contributed by atoms with E-state index >= 15 is 0 Å². The van der Waals surface area contributed by atoms with E-state index in [4.69, 9.17) is 0 Å². The van der Waals surface area contributed by atoms with E-state index in [1.165, 1.54) is 0 Å². The fourth-order valence-electron chi connectivity index (χ4n) is 1.74. The van der Waals surface area contributed by atoms with Crippen molar-refractivity contribution in [3.63, 3.8) is 0 Å². The molecule has 0 bridgehead atoms. The second-order valence-corrected chi connectivity index (χ2v) is 5.87. The van der Waals surface area contributed by atoms with Crippen LogP contribution in [0.1, 0.15) is 5.56 Å². The largest absolute Gasteiger partial charge is 0.387 e. The summed E-state index contributed by atoms with van der Waals surface area (Å²) in [5.41, 5.74) is 2.21. The molecule has 19 heavy (non-hydrogen) atoms. The van der Waals surface area contributed by atoms with Crippen LogP contribution in [0.3, 0.4) is 0 Å². The van der Waals surface area contributed by atoms with Crippen LogP contribution < -0.4 is 10.0 Å². The van der Waals surface area contributed by atoms with Crippen LogP contribution in [0.25, 0.3) is 0 Å². The van der Waals surface area contributed by atoms with Gasteiger partial charge in [0, 0.05) is 12.7 Å². The van der Waals surface area contributed by atoms with E-state index in [0.29, 0.717) is 11.4 Å². The number of para-hydroxylation sites is 1. The van der Waals surface area contributed by atoms with Gasteiger partial charge in [-0.15, -0.1) is 0 Å². The molecule has 0 aliphatic carbocycles. The molecule has 100 valence electrons. The Morgan fingerprint density at radius 3 is 2.21 bits per heavy atom. The fraction of sp³-hybridized carbons (Fsp3) is 0.143. The van der Waals surface area contributed by atoms with Crippen LogP contribution in [0, 0.1) is 6.92 Å². The standard InChI is InChI=1S/C14H16N2O2S/c1-11-7-9-12(10-8-11)16-19(17,18)14-6-4-3-5-13(14)15-2/h3-10,15-16H,1-2H3. The van der Waals surface area contributed by atoms with E-state index in [1.807, 2.05) is 19.1 Å². The van der Waals surface area contributed by atoms with Crippen molar-refractivity contribution in [1.82, 2.24) is 0 Å². The second-order valence-electron chi connectivity index (χ2n) is 4.22. The van der Waals surface area contributed by atoms with E-state index < -0.39 is 10.0 Å². The zero-order chi connectivity index (χ0) is 13.9. The van der Waals surface area contributed by atoms with Crippen molar-refractivity contribution in [1.29, 1.82) is 0 Å². The summed E-state index contributed by atoms with van der Waals surface area (Å²) in [6.45, 7) is 1.95. The molecule has 0 radical (unpaired) electrons. The fourth-order valence-corrected chi connectivity index (χ4v) is 3.01. The molecule has 2 aromatic rings. The number of rotatable bonds is 4. The number of nitrogens with one attached hydrogen (secondary N) is 2. The number of benzene rings is 2. The van der Waals surface area contributed by atoms with Gasteiger partial charge >= 0.3 is 0 Å². The monoisotopic (exact) mass is 276 g/mol. The third-order valence-corrected chi connectivity index (χ3v) is 4.19. The van der Waals surface area contributed by atoms with Crippen LogP contribution in [-0.4, -0.2) is 15.5 Å². The summed E-state index contributed by atoms with van der Waals surface area (Å²) >= 11 is 0. The average Bonchev–Trinajstić information content (AvgIpc) is 2.41. The number of hydrogen-bond acceptors (Lipinski definition) is 3. The summed E-state index contributed by atoms with van der Waals surface area (Å²) in [5, 5.41) is 2.88. The van der Waals surface area contributed by atoms with Crippen LogP contribution in [0.15, 0.2) is 53.4 Å². The highest BCUT2D eigenvalue weighted by molar-refractivity contribution is 7.92. The topological polar surface area (TPSA) is 58.2 Å². The molecule has 0 aliphatic rings. The van der Waals surface area contributed by atoms with Gasteiger partial charge in [-0.1, -0.05) is 29.8 Å². The summed E-state index contributed by atoms with van der Waals surface area (Å²) in [4.78, 5) is 0.234. The molecule has 0 fully saturated rings. The van der Waals surface area contributed by atoms with Gasteiger partial charge in [-0.2, -0.15) is 0 Å². The van der Waals surface area contributed by atoms with Gasteiger partial charge in [0.15, 0.2) is 0 Å². The van der Waals surface area contributed by atoms with Gasteiger partial charge in [-0.3, -0.25) is 4.72 Å². The van der Waals surface area contributed by atoms with Gasteiger partial charge in [0.2, 0.25) is 0 Å². The highest BCUT2D eigenvalue weighted by Crippen LogP contribution is 2.23. The molecule has 4 nitrogen and oxygen atoms in total. The van der Waals surface area contributed by atoms with Crippen molar-refractivity contribution in [3.05, 3.63) is 54.1 Å². The zero-order valence-electron chi connectivity index (χ0n) is 10.8. The molecule has 0 spiro atoms. The van der Waals surface area contributed by atoms with Crippen LogP contribution in [-0.2, 0) is 10.0 Å². The zero-order valence-corrected chi connectivity index (χ0v) is 11.7. The molecule has 0 heterocycles. The Hall–Kier alpha value is -2.01. The minimum Gasteiger partial charge on any atom is -0.387 e. The Labute approximate surface area is 113 Å². The molecular weight excluding hydrogens is 260 g/mol. The van der Waals surface area contributed by atoms with Gasteiger partial charge in [0.1, 0.15) is 4.90 Å². The predicted molar refractivity (Wildman–Crippen MR) is 78.0 cm³/mol. The minimum atomic E-state index is -3.58. The van der Waals surface area contributed by atoms with Gasteiger partial charge < -0.3 is 5.32 Å². The van der Waals surface area contributed by atoms with Crippen molar-refractivity contribution in [3.8, 4) is 0 Å². The molecule has 0 amide bonds. The third-order valence-electron chi connectivity index (χ3n) is 2.75. The Bertz CT molecular complexity index is 664. The Kier molecular flexibility index (Phi) is 3.76. The van der Waals surface area contributed by atoms with Gasteiger partial charge in [-0.05, 0) is 31.2 Å². The van der Waals surface area contributed by atoms with Crippen LogP contribution in [0.2, 0.25) is 0 Å². The lowest BCUT2D eigenvalue weighted by atomic mass is 10.2. The van der Waals surface area contributed by atoms with E-state index in [2.05, 4.69) is 10.0 Å². The van der Waals surface area contributed by atoms with Crippen molar-refractivity contribution in [2.24, 2.45) is 0 Å². The summed E-state index contributed by atoms with van der Waals surface area (Å²) in [6, 6.07) is 14.0. The molecule has 0 saturated heterocycles. The second kappa shape index (κ2) is 5.32. The molecule has 0 saturated carbocycles. The lowest BCUT2D eigenvalue weighted by molar-refractivity contribution is 0.601. The predicted octanol–water partition coefficient (Wildman–Crippen LogP) is 2.84. The summed E-state index contributed by atoms with van der Waals surface area (Å²) in [6.07, 6.45) is 0. The first-order valence-corrected chi connectivity index (χ1v) is 7.37. The maximum absolute atomic E-state index is 12.3. The van der Waals surface area contributed by atoms with Gasteiger partial charge in [0.05, 0.1) is 5.69 Å². The SMILES string of the molecule is CNc1ccccc1S(=O)(=O)Nc1ccc(C)cc1. The lowest BCUT2D eigenvalue weighted by Crippen LogP contribution is -2.14. The maximum Gasteiger partial charge on any atom is 0.263 e. The van der Waals surface area contributed by atoms with E-state index in [-0.39, 0.29) is 4.90 Å². The van der Waals surface area contributed by atoms with Crippen LogP contribution in [0.5, 0.6) is 0 Å². The molecule has 2 rings (SSSR count). The number of aryl methyl sites for hydroxylation is 1. The van der Waals surface area contributed by atoms with Crippen LogP contribution >= 0.6 is 0 Å². The highest BCUT2D eigenvalue weighted by Gasteiger charge is 2.17. The van der Waals surface area contributed by atoms with Gasteiger partial charge in [0.25, 0.3) is 10.0 Å². The molecular formula is C14H16N2O2S. The molecule has 2 aromatic carbocycles. The van der Waals surface area contributed by atoms with Crippen molar-refractivity contribution >= 4 is 21.4 Å². The number of sulfonamides is 1. The Balaban J connectivity index is 2.35. The van der Waals surface area contributed by atoms with Gasteiger partial charge in [-0.25, -0.2) is 8.42 Å². The van der Waals surface area contributed by atoms with Crippen molar-refractivity contribution < 1.29 is 8.42 Å². The Morgan fingerprint density at radius 2 is 1.58 bits per heavy atom. The Morgan fingerprint density at radius 1 is 0.947 bits per heavy atom. The molecule has 0 aliphatic heterocycles. The molecule has 0 aromatic heterocycles. The first kappa shape index (κ1) is 13.4. The minimum absolute atomic E-state index is 0.234. The first-order chi connectivity index (χ1) is 9.03. The van der Waals surface area contributed by atoms with E-state index in [0.717, 1.165) is 5.56 Å². The smallest absolute Gasteiger partial charge is 0.263 e. The third kappa shape index (κ3) is 3.06. The summed E-state index contributed by atoms with van der Waals surface area (Å²) in [5.74, 6) is 0. The summed E-state index contributed by atoms with van der Waals surface area (Å²) in [7, 11) is -1.89. The van der Waals surface area contributed by atoms with E-state index in [1.54, 1.807) is 43.4 Å². The average molecular weight is 276 g/mol. The number of hydrogen-bond donors (Lipinski definition) is 2. The maximum atomic E-state index is 12.3. The normalized spacial score (nSPS) is 11.1. The number of anilines is 2. The first-order valence-electron chi connectivity index (χ1n) is 5.89. The van der Waals surface area contributed by atoms with Crippen molar-refractivity contribution in [2.75, 3.05) is 17.1 Å². The molecule has 5 heteroatoms. The van der Waals surface area contributed by atoms with Crippen LogP contribution in [0.4, 0.5) is 11.4 Å². The lowest BCUT2D eigenvalue weighted by Gasteiger charge is -2.12. The quantitative estimate of drug-likeness (QED) is 0.902. The van der Waals surface area contributed by atoms with Crippen molar-refractivity contribution in [2.45, 2.75) is 11.8 Å². The molecule has 2 N–H and O–H groups in total. The van der Waals surface area contributed by atoms with E-state index in [9.17, 15) is 8.42 Å². The highest BCUT2D eigenvalue weighted by atomic mass is 32.2. The summed E-state index contributed by atoms with van der Waals surface area (Å²) < 4.78 is 27.2. The molecule has 0 atom stereocenters. The molecule has 0 unspecified atom stereocenters.